The van der Waals surface area contributed by atoms with Gasteiger partial charge in [0.2, 0.25) is 5.91 Å². The van der Waals surface area contributed by atoms with Gasteiger partial charge in [-0.3, -0.25) is 9.69 Å². The molecule has 1 unspecified atom stereocenters. The Morgan fingerprint density at radius 2 is 2.00 bits per heavy atom. The van der Waals surface area contributed by atoms with Crippen LogP contribution in [-0.4, -0.2) is 49.6 Å². The minimum absolute atomic E-state index is 0. The summed E-state index contributed by atoms with van der Waals surface area (Å²) in [7, 11) is 0. The number of likely N-dealkylation sites (tertiary alicyclic amines) is 1. The third-order valence-corrected chi connectivity index (χ3v) is 4.35. The van der Waals surface area contributed by atoms with Crippen molar-refractivity contribution < 1.29 is 4.79 Å². The van der Waals surface area contributed by atoms with Crippen LogP contribution >= 0.6 is 12.4 Å². The lowest BCUT2D eigenvalue weighted by Crippen LogP contribution is -2.44. The first kappa shape index (κ1) is 16.7. The van der Waals surface area contributed by atoms with Gasteiger partial charge >= 0.3 is 0 Å². The summed E-state index contributed by atoms with van der Waals surface area (Å²) < 4.78 is 0. The summed E-state index contributed by atoms with van der Waals surface area (Å²) in [6.07, 6.45) is 5.96. The van der Waals surface area contributed by atoms with Crippen LogP contribution in [0, 0.1) is 5.92 Å². The number of carbonyl (C=O) groups excluding carboxylic acids is 1. The molecule has 2 N–H and O–H groups in total. The SMILES string of the molecule is CC1CCCCN1CCNC(=O)C1CCNCC1.Cl. The van der Waals surface area contributed by atoms with Crippen LogP contribution in [0.15, 0.2) is 0 Å². The Morgan fingerprint density at radius 3 is 2.68 bits per heavy atom. The number of rotatable bonds is 4. The van der Waals surface area contributed by atoms with Crippen LogP contribution < -0.4 is 10.6 Å². The maximum Gasteiger partial charge on any atom is 0.223 e. The molecular formula is C14H28ClN3O. The second-order valence-corrected chi connectivity index (χ2v) is 5.70. The summed E-state index contributed by atoms with van der Waals surface area (Å²) in [4.78, 5) is 14.5. The highest BCUT2D eigenvalue weighted by molar-refractivity contribution is 5.85. The molecule has 5 heteroatoms. The quantitative estimate of drug-likeness (QED) is 0.822. The van der Waals surface area contributed by atoms with Crippen LogP contribution in [-0.2, 0) is 4.79 Å². The van der Waals surface area contributed by atoms with Gasteiger partial charge < -0.3 is 10.6 Å². The lowest BCUT2D eigenvalue weighted by Gasteiger charge is -2.33. The zero-order chi connectivity index (χ0) is 12.8. The third kappa shape index (κ3) is 5.28. The van der Waals surface area contributed by atoms with Crippen molar-refractivity contribution in [1.29, 1.82) is 0 Å². The van der Waals surface area contributed by atoms with Gasteiger partial charge in [-0.1, -0.05) is 6.42 Å². The van der Waals surface area contributed by atoms with Crippen molar-refractivity contribution in [2.45, 2.75) is 45.1 Å². The molecule has 2 fully saturated rings. The largest absolute Gasteiger partial charge is 0.355 e. The molecule has 0 spiro atoms. The molecule has 0 saturated carbocycles. The zero-order valence-electron chi connectivity index (χ0n) is 12.0. The average Bonchev–Trinajstić information content (AvgIpc) is 2.42. The first-order chi connectivity index (χ1) is 8.77. The van der Waals surface area contributed by atoms with Gasteiger partial charge in [0, 0.05) is 25.0 Å². The van der Waals surface area contributed by atoms with E-state index in [0.717, 1.165) is 39.0 Å². The molecule has 2 rings (SSSR count). The summed E-state index contributed by atoms with van der Waals surface area (Å²) in [5.41, 5.74) is 0. The second kappa shape index (κ2) is 8.77. The second-order valence-electron chi connectivity index (χ2n) is 5.70. The molecule has 0 aromatic heterocycles. The van der Waals surface area contributed by atoms with Crippen LogP contribution in [0.3, 0.4) is 0 Å². The van der Waals surface area contributed by atoms with Crippen molar-refractivity contribution in [2.24, 2.45) is 5.92 Å². The molecule has 1 atom stereocenters. The Labute approximate surface area is 123 Å². The van der Waals surface area contributed by atoms with E-state index in [1.54, 1.807) is 0 Å². The summed E-state index contributed by atoms with van der Waals surface area (Å²) >= 11 is 0. The molecule has 2 heterocycles. The fourth-order valence-electron chi connectivity index (χ4n) is 3.04. The van der Waals surface area contributed by atoms with Crippen molar-refractivity contribution in [1.82, 2.24) is 15.5 Å². The number of hydrogen-bond acceptors (Lipinski definition) is 3. The number of nitrogens with zero attached hydrogens (tertiary/aromatic N) is 1. The van der Waals surface area contributed by atoms with E-state index < -0.39 is 0 Å². The van der Waals surface area contributed by atoms with Crippen LogP contribution in [0.2, 0.25) is 0 Å². The van der Waals surface area contributed by atoms with Crippen molar-refractivity contribution >= 4 is 18.3 Å². The van der Waals surface area contributed by atoms with Gasteiger partial charge in [-0.2, -0.15) is 0 Å². The number of carbonyl (C=O) groups is 1. The molecule has 2 saturated heterocycles. The van der Waals surface area contributed by atoms with E-state index in [1.165, 1.54) is 25.8 Å². The van der Waals surface area contributed by atoms with E-state index in [-0.39, 0.29) is 24.2 Å². The van der Waals surface area contributed by atoms with Crippen molar-refractivity contribution in [3.8, 4) is 0 Å². The Balaban J connectivity index is 0.00000180. The molecule has 19 heavy (non-hydrogen) atoms. The highest BCUT2D eigenvalue weighted by Gasteiger charge is 2.21. The summed E-state index contributed by atoms with van der Waals surface area (Å²) in [5, 5.41) is 6.41. The Kier molecular flexibility index (Phi) is 7.73. The van der Waals surface area contributed by atoms with Gasteiger partial charge in [-0.15, -0.1) is 12.4 Å². The van der Waals surface area contributed by atoms with Crippen LogP contribution in [0.25, 0.3) is 0 Å². The standard InChI is InChI=1S/C14H27N3O.ClH/c1-12-4-2-3-10-17(12)11-9-16-14(18)13-5-7-15-8-6-13;/h12-13,15H,2-11H2,1H3,(H,16,18);1H. The highest BCUT2D eigenvalue weighted by Crippen LogP contribution is 2.15. The van der Waals surface area contributed by atoms with E-state index in [2.05, 4.69) is 22.5 Å². The smallest absolute Gasteiger partial charge is 0.223 e. The van der Waals surface area contributed by atoms with Gasteiger partial charge in [0.25, 0.3) is 0 Å². The third-order valence-electron chi connectivity index (χ3n) is 4.35. The molecule has 4 nitrogen and oxygen atoms in total. The Bertz CT molecular complexity index is 269. The molecule has 1 amide bonds. The zero-order valence-corrected chi connectivity index (χ0v) is 12.8. The van der Waals surface area contributed by atoms with Crippen molar-refractivity contribution in [2.75, 3.05) is 32.7 Å². The van der Waals surface area contributed by atoms with E-state index >= 15 is 0 Å². The first-order valence-electron chi connectivity index (χ1n) is 7.50. The summed E-state index contributed by atoms with van der Waals surface area (Å²) in [5.74, 6) is 0.506. The topological polar surface area (TPSA) is 44.4 Å². The maximum atomic E-state index is 12.0. The van der Waals surface area contributed by atoms with Gasteiger partial charge in [0.15, 0.2) is 0 Å². The Morgan fingerprint density at radius 1 is 1.26 bits per heavy atom. The predicted octanol–water partition coefficient (Wildman–Crippen LogP) is 1.40. The molecule has 0 aromatic rings. The van der Waals surface area contributed by atoms with Crippen molar-refractivity contribution in [3.63, 3.8) is 0 Å². The predicted molar refractivity (Wildman–Crippen MR) is 80.7 cm³/mol. The molecular weight excluding hydrogens is 262 g/mol. The Hall–Kier alpha value is -0.320. The molecule has 0 radical (unpaired) electrons. The van der Waals surface area contributed by atoms with E-state index in [9.17, 15) is 4.79 Å². The van der Waals surface area contributed by atoms with Crippen LogP contribution in [0.5, 0.6) is 0 Å². The van der Waals surface area contributed by atoms with E-state index in [1.807, 2.05) is 0 Å². The number of halogens is 1. The van der Waals surface area contributed by atoms with Gasteiger partial charge in [-0.25, -0.2) is 0 Å². The van der Waals surface area contributed by atoms with Crippen LogP contribution in [0.1, 0.15) is 39.0 Å². The van der Waals surface area contributed by atoms with Crippen LogP contribution in [0.4, 0.5) is 0 Å². The monoisotopic (exact) mass is 289 g/mol. The molecule has 0 aliphatic carbocycles. The number of amides is 1. The fourth-order valence-corrected chi connectivity index (χ4v) is 3.04. The molecule has 0 bridgehead atoms. The average molecular weight is 290 g/mol. The minimum Gasteiger partial charge on any atom is -0.355 e. The maximum absolute atomic E-state index is 12.0. The minimum atomic E-state index is 0. The number of nitrogens with one attached hydrogen (secondary N) is 2. The highest BCUT2D eigenvalue weighted by atomic mass is 35.5. The molecule has 2 aliphatic heterocycles. The lowest BCUT2D eigenvalue weighted by atomic mass is 9.97. The first-order valence-corrected chi connectivity index (χ1v) is 7.50. The number of piperidine rings is 2. The van der Waals surface area contributed by atoms with Gasteiger partial charge in [0.05, 0.1) is 0 Å². The number of hydrogen-bond donors (Lipinski definition) is 2. The van der Waals surface area contributed by atoms with E-state index in [4.69, 9.17) is 0 Å². The summed E-state index contributed by atoms with van der Waals surface area (Å²) in [6, 6.07) is 0.689. The molecule has 112 valence electrons. The normalized spacial score (nSPS) is 25.6. The van der Waals surface area contributed by atoms with Gasteiger partial charge in [-0.05, 0) is 52.2 Å². The van der Waals surface area contributed by atoms with E-state index in [0.29, 0.717) is 6.04 Å². The van der Waals surface area contributed by atoms with Gasteiger partial charge in [0.1, 0.15) is 0 Å². The fraction of sp³-hybridized carbons (Fsp3) is 0.929. The van der Waals surface area contributed by atoms with Crippen molar-refractivity contribution in [3.05, 3.63) is 0 Å². The molecule has 0 aromatic carbocycles. The lowest BCUT2D eigenvalue weighted by molar-refractivity contribution is -0.125. The molecule has 2 aliphatic rings. The summed E-state index contributed by atoms with van der Waals surface area (Å²) in [6.45, 7) is 7.30.